The van der Waals surface area contributed by atoms with E-state index in [1.54, 1.807) is 0 Å². The first-order valence-electron chi connectivity index (χ1n) is 8.34. The highest BCUT2D eigenvalue weighted by Gasteiger charge is 2.11. The molecule has 0 unspecified atom stereocenters. The van der Waals surface area contributed by atoms with Crippen LogP contribution in [0.2, 0.25) is 23.1 Å². The van der Waals surface area contributed by atoms with Crippen LogP contribution in [0.25, 0.3) is 0 Å². The molecule has 0 heterocycles. The van der Waals surface area contributed by atoms with Crippen molar-refractivity contribution >= 4 is 29.0 Å². The molecule has 0 fully saturated rings. The molecule has 0 rings (SSSR count). The molecule has 0 amide bonds. The highest BCUT2D eigenvalue weighted by atomic mass is 27.2. The predicted molar refractivity (Wildman–Crippen MR) is 104 cm³/mol. The Hall–Kier alpha value is 0.145. The van der Waals surface area contributed by atoms with E-state index in [4.69, 9.17) is 7.58 Å². The van der Waals surface area contributed by atoms with E-state index in [1.807, 2.05) is 13.8 Å². The lowest BCUT2D eigenvalue weighted by molar-refractivity contribution is 0.417. The highest BCUT2D eigenvalue weighted by Crippen LogP contribution is 2.18. The maximum Gasteiger partial charge on any atom is 0.539 e. The fraction of sp³-hybridized carbons (Fsp3) is 0.778. The van der Waals surface area contributed by atoms with Crippen molar-refractivity contribution in [2.75, 3.05) is 0 Å². The van der Waals surface area contributed by atoms with Gasteiger partial charge in [0.25, 0.3) is 0 Å². The summed E-state index contributed by atoms with van der Waals surface area (Å²) < 4.78 is 11.3. The molecule has 0 spiro atoms. The molecule has 0 aromatic rings. The molecule has 0 radical (unpaired) electrons. The molecule has 0 aliphatic heterocycles. The molecule has 0 atom stereocenters. The van der Waals surface area contributed by atoms with Crippen molar-refractivity contribution in [3.63, 3.8) is 0 Å². The van der Waals surface area contributed by atoms with E-state index in [9.17, 15) is 0 Å². The number of hydrogen-bond donors (Lipinski definition) is 0. The van der Waals surface area contributed by atoms with Crippen LogP contribution in [-0.4, -0.2) is 29.0 Å². The van der Waals surface area contributed by atoms with Crippen LogP contribution in [-0.2, 0) is 7.58 Å². The topological polar surface area (TPSA) is 18.5 Å². The lowest BCUT2D eigenvalue weighted by Gasteiger charge is -2.16. The number of hydrogen-bond acceptors (Lipinski definition) is 2. The maximum atomic E-state index is 5.63. The summed E-state index contributed by atoms with van der Waals surface area (Å²) in [6, 6.07) is 0. The Bertz CT molecular complexity index is 320. The first-order chi connectivity index (χ1) is 9.62. The van der Waals surface area contributed by atoms with Crippen LogP contribution in [0.5, 0.6) is 0 Å². The Balaban J connectivity index is 0. The summed E-state index contributed by atoms with van der Waals surface area (Å²) in [6.45, 7) is 17.2. The van der Waals surface area contributed by atoms with Crippen molar-refractivity contribution in [3.05, 3.63) is 23.7 Å². The second kappa shape index (κ2) is 10.8. The van der Waals surface area contributed by atoms with Gasteiger partial charge in [0.05, 0.1) is 0 Å². The minimum atomic E-state index is -0.886. The van der Waals surface area contributed by atoms with Gasteiger partial charge >= 0.3 is 29.0 Å². The molecule has 0 aromatic heterocycles. The van der Waals surface area contributed by atoms with E-state index in [0.717, 1.165) is 11.5 Å². The average Bonchev–Trinajstić information content (AvgIpc) is 2.07. The Kier molecular flexibility index (Phi) is 12.0. The SMILES string of the molecule is C/C(=C\C(C)(C)C)[O][Al]([CH3])[CH3].C/C(=C\C(C)(C)C)[O][Al]([CH3])[CH3]. The van der Waals surface area contributed by atoms with E-state index >= 15 is 0 Å². The van der Waals surface area contributed by atoms with Gasteiger partial charge in [-0.15, -0.1) is 0 Å². The van der Waals surface area contributed by atoms with Crippen LogP contribution in [0, 0.1) is 10.8 Å². The van der Waals surface area contributed by atoms with E-state index in [2.05, 4.69) is 76.8 Å². The second-order valence-electron chi connectivity index (χ2n) is 8.58. The average molecular weight is 340 g/mol. The van der Waals surface area contributed by atoms with Gasteiger partial charge in [-0.3, -0.25) is 0 Å². The van der Waals surface area contributed by atoms with Crippen molar-refractivity contribution in [3.8, 4) is 0 Å². The molecular weight excluding hydrogens is 302 g/mol. The number of allylic oxidation sites excluding steroid dienone is 4. The van der Waals surface area contributed by atoms with Crippen molar-refractivity contribution in [2.24, 2.45) is 10.8 Å². The van der Waals surface area contributed by atoms with Crippen LogP contribution < -0.4 is 0 Å². The van der Waals surface area contributed by atoms with Gasteiger partial charge in [0.2, 0.25) is 0 Å². The van der Waals surface area contributed by atoms with Gasteiger partial charge in [-0.1, -0.05) is 64.7 Å². The van der Waals surface area contributed by atoms with E-state index in [0.29, 0.717) is 0 Å². The fourth-order valence-electron chi connectivity index (χ4n) is 2.03. The van der Waals surface area contributed by atoms with Crippen LogP contribution in [0.1, 0.15) is 55.4 Å². The fourth-order valence-corrected chi connectivity index (χ4v) is 3.65. The molecule has 0 aliphatic rings. The summed E-state index contributed by atoms with van der Waals surface area (Å²) in [5, 5.41) is 0. The predicted octanol–water partition coefficient (Wildman–Crippen LogP) is 6.41. The molecule has 128 valence electrons. The van der Waals surface area contributed by atoms with Crippen LogP contribution in [0.3, 0.4) is 0 Å². The summed E-state index contributed by atoms with van der Waals surface area (Å²) in [4.78, 5) is 0. The molecule has 22 heavy (non-hydrogen) atoms. The zero-order valence-corrected chi connectivity index (χ0v) is 19.4. The quantitative estimate of drug-likeness (QED) is 0.435. The molecular formula is C18H38Al2O2. The van der Waals surface area contributed by atoms with Crippen LogP contribution in [0.15, 0.2) is 23.7 Å². The first kappa shape index (κ1) is 24.4. The minimum Gasteiger partial charge on any atom is -0.646 e. The van der Waals surface area contributed by atoms with Gasteiger partial charge in [-0.2, -0.15) is 0 Å². The van der Waals surface area contributed by atoms with Gasteiger partial charge in [0, 0.05) is 11.5 Å². The molecule has 0 aliphatic carbocycles. The molecule has 2 nitrogen and oxygen atoms in total. The normalized spacial score (nSPS) is 13.1. The maximum absolute atomic E-state index is 5.63. The van der Waals surface area contributed by atoms with Crippen molar-refractivity contribution in [1.82, 2.24) is 0 Å². The standard InChI is InChI=1S/2C7H14O.4CH3.2Al/c2*1-6(8)5-7(2,3)4;;;;;;/h2*5,8H,1-4H3;4*1H3;;/q;;;;;;2*+1/p-2/b2*6-5+;;;;;;. The van der Waals surface area contributed by atoms with E-state index in [1.165, 1.54) is 0 Å². The smallest absolute Gasteiger partial charge is 0.539 e. The largest absolute Gasteiger partial charge is 0.646 e. The van der Waals surface area contributed by atoms with Gasteiger partial charge in [0.1, 0.15) is 0 Å². The van der Waals surface area contributed by atoms with Gasteiger partial charge in [-0.05, 0) is 36.8 Å². The van der Waals surface area contributed by atoms with E-state index < -0.39 is 29.0 Å². The first-order valence-corrected chi connectivity index (χ1v) is 13.9. The minimum absolute atomic E-state index is 0.243. The monoisotopic (exact) mass is 340 g/mol. The third kappa shape index (κ3) is 22.4. The third-order valence-corrected chi connectivity index (χ3v) is 3.80. The second-order valence-corrected chi connectivity index (χ2v) is 13.2. The van der Waals surface area contributed by atoms with Gasteiger partial charge in [-0.25, -0.2) is 0 Å². The summed E-state index contributed by atoms with van der Waals surface area (Å²) in [5.74, 6) is 10.9. The summed E-state index contributed by atoms with van der Waals surface area (Å²) in [5.41, 5.74) is 0.487. The van der Waals surface area contributed by atoms with Crippen molar-refractivity contribution < 1.29 is 7.58 Å². The Morgan fingerprint density at radius 1 is 0.636 bits per heavy atom. The molecule has 0 bridgehead atoms. The lowest BCUT2D eigenvalue weighted by atomic mass is 9.96. The molecule has 0 N–H and O–H groups in total. The van der Waals surface area contributed by atoms with Crippen LogP contribution in [0.4, 0.5) is 0 Å². The summed E-state index contributed by atoms with van der Waals surface area (Å²) in [7, 11) is 0. The Morgan fingerprint density at radius 2 is 0.864 bits per heavy atom. The Labute approximate surface area is 149 Å². The van der Waals surface area contributed by atoms with Gasteiger partial charge in [0.15, 0.2) is 0 Å². The van der Waals surface area contributed by atoms with Crippen molar-refractivity contribution in [2.45, 2.75) is 78.5 Å². The van der Waals surface area contributed by atoms with Gasteiger partial charge < -0.3 is 7.58 Å². The molecule has 0 aromatic carbocycles. The Morgan fingerprint density at radius 3 is 1.00 bits per heavy atom. The third-order valence-electron chi connectivity index (χ3n) is 2.12. The highest BCUT2D eigenvalue weighted by molar-refractivity contribution is 6.49. The summed E-state index contributed by atoms with van der Waals surface area (Å²) in [6.07, 6.45) is 4.36. The summed E-state index contributed by atoms with van der Waals surface area (Å²) >= 11 is -1.77. The molecule has 0 saturated carbocycles. The number of rotatable bonds is 4. The van der Waals surface area contributed by atoms with Crippen molar-refractivity contribution in [1.29, 1.82) is 0 Å². The molecule has 0 saturated heterocycles. The van der Waals surface area contributed by atoms with Crippen LogP contribution >= 0.6 is 0 Å². The zero-order chi connectivity index (χ0) is 18.1. The zero-order valence-electron chi connectivity index (χ0n) is 17.1. The lowest BCUT2D eigenvalue weighted by Crippen LogP contribution is -2.08. The van der Waals surface area contributed by atoms with E-state index in [-0.39, 0.29) is 10.8 Å². The molecule has 4 heteroatoms.